The topological polar surface area (TPSA) is 39.1 Å². The van der Waals surface area contributed by atoms with E-state index in [2.05, 4.69) is 64.3 Å². The van der Waals surface area contributed by atoms with E-state index in [1.165, 1.54) is 11.3 Å². The standard InChI is InChI=1S/C15H20BrN3/c1-11-8-18-9-14(5-6-17)19(10-11)13-4-3-12(2)15(16)7-13/h3-4,7,11,14,18H,5,8-10H2,1-2H3. The van der Waals surface area contributed by atoms with E-state index in [1.54, 1.807) is 0 Å². The van der Waals surface area contributed by atoms with E-state index < -0.39 is 0 Å². The molecule has 1 fully saturated rings. The second kappa shape index (κ2) is 6.40. The zero-order valence-corrected chi connectivity index (χ0v) is 13.1. The zero-order chi connectivity index (χ0) is 13.8. The van der Waals surface area contributed by atoms with Gasteiger partial charge in [-0.15, -0.1) is 0 Å². The average Bonchev–Trinajstić information content (AvgIpc) is 2.56. The first-order valence-electron chi connectivity index (χ1n) is 6.72. The number of rotatable bonds is 2. The third-order valence-electron chi connectivity index (χ3n) is 3.64. The molecule has 0 radical (unpaired) electrons. The Balaban J connectivity index is 2.30. The van der Waals surface area contributed by atoms with Crippen LogP contribution in [0.2, 0.25) is 0 Å². The van der Waals surface area contributed by atoms with Crippen molar-refractivity contribution in [1.82, 2.24) is 5.32 Å². The number of benzene rings is 1. The van der Waals surface area contributed by atoms with E-state index in [0.29, 0.717) is 12.3 Å². The molecule has 2 atom stereocenters. The lowest BCUT2D eigenvalue weighted by Crippen LogP contribution is -2.40. The molecule has 1 heterocycles. The molecule has 102 valence electrons. The molecule has 0 saturated carbocycles. The van der Waals surface area contributed by atoms with Gasteiger partial charge in [0.2, 0.25) is 0 Å². The summed E-state index contributed by atoms with van der Waals surface area (Å²) >= 11 is 3.60. The summed E-state index contributed by atoms with van der Waals surface area (Å²) in [6.45, 7) is 7.23. The first kappa shape index (κ1) is 14.4. The highest BCUT2D eigenvalue weighted by atomic mass is 79.9. The number of aryl methyl sites for hydroxylation is 1. The minimum Gasteiger partial charge on any atom is -0.366 e. The van der Waals surface area contributed by atoms with Gasteiger partial charge in [0.1, 0.15) is 0 Å². The Hall–Kier alpha value is -1.05. The smallest absolute Gasteiger partial charge is 0.0643 e. The van der Waals surface area contributed by atoms with E-state index in [1.807, 2.05) is 0 Å². The van der Waals surface area contributed by atoms with Crippen LogP contribution in [-0.2, 0) is 0 Å². The summed E-state index contributed by atoms with van der Waals surface area (Å²) in [6, 6.07) is 9.02. The van der Waals surface area contributed by atoms with Gasteiger partial charge in [-0.05, 0) is 37.1 Å². The number of halogens is 1. The van der Waals surface area contributed by atoms with Crippen molar-refractivity contribution < 1.29 is 0 Å². The maximum absolute atomic E-state index is 9.03. The molecule has 0 bridgehead atoms. The van der Waals surface area contributed by atoms with Crippen molar-refractivity contribution in [1.29, 1.82) is 5.26 Å². The fourth-order valence-electron chi connectivity index (χ4n) is 2.52. The second-order valence-corrected chi connectivity index (χ2v) is 6.22. The maximum atomic E-state index is 9.03. The van der Waals surface area contributed by atoms with Crippen molar-refractivity contribution >= 4 is 21.6 Å². The Morgan fingerprint density at radius 2 is 2.26 bits per heavy atom. The van der Waals surface area contributed by atoms with Crippen molar-refractivity contribution in [2.45, 2.75) is 26.3 Å². The average molecular weight is 322 g/mol. The van der Waals surface area contributed by atoms with Gasteiger partial charge in [0, 0.05) is 23.2 Å². The zero-order valence-electron chi connectivity index (χ0n) is 11.5. The van der Waals surface area contributed by atoms with Crippen molar-refractivity contribution in [3.63, 3.8) is 0 Å². The summed E-state index contributed by atoms with van der Waals surface area (Å²) in [7, 11) is 0. The van der Waals surface area contributed by atoms with Gasteiger partial charge in [0.25, 0.3) is 0 Å². The molecule has 1 aliphatic rings. The van der Waals surface area contributed by atoms with E-state index in [4.69, 9.17) is 5.26 Å². The SMILES string of the molecule is Cc1ccc(N2CC(C)CNCC2CC#N)cc1Br. The van der Waals surface area contributed by atoms with Crippen LogP contribution in [0.1, 0.15) is 18.9 Å². The summed E-state index contributed by atoms with van der Waals surface area (Å²) in [5, 5.41) is 12.5. The van der Waals surface area contributed by atoms with Gasteiger partial charge in [-0.1, -0.05) is 28.9 Å². The van der Waals surface area contributed by atoms with E-state index in [0.717, 1.165) is 24.1 Å². The highest BCUT2D eigenvalue weighted by Crippen LogP contribution is 2.27. The molecule has 2 unspecified atom stereocenters. The summed E-state index contributed by atoms with van der Waals surface area (Å²) in [5.74, 6) is 0.587. The van der Waals surface area contributed by atoms with Crippen molar-refractivity contribution in [3.05, 3.63) is 28.2 Å². The summed E-state index contributed by atoms with van der Waals surface area (Å²) in [6.07, 6.45) is 0.561. The molecule has 3 nitrogen and oxygen atoms in total. The van der Waals surface area contributed by atoms with Gasteiger partial charge >= 0.3 is 0 Å². The summed E-state index contributed by atoms with van der Waals surface area (Å²) < 4.78 is 1.13. The quantitative estimate of drug-likeness (QED) is 0.909. The highest BCUT2D eigenvalue weighted by molar-refractivity contribution is 9.10. The minimum absolute atomic E-state index is 0.254. The number of nitriles is 1. The van der Waals surface area contributed by atoms with Crippen LogP contribution >= 0.6 is 15.9 Å². The Kier molecular flexibility index (Phi) is 4.84. The van der Waals surface area contributed by atoms with Gasteiger partial charge in [-0.3, -0.25) is 0 Å². The molecule has 1 aromatic carbocycles. The Labute approximate surface area is 123 Å². The fourth-order valence-corrected chi connectivity index (χ4v) is 2.89. The predicted molar refractivity (Wildman–Crippen MR) is 82.3 cm³/mol. The van der Waals surface area contributed by atoms with E-state index in [9.17, 15) is 0 Å². The largest absolute Gasteiger partial charge is 0.366 e. The van der Waals surface area contributed by atoms with Gasteiger partial charge in [-0.2, -0.15) is 5.26 Å². The number of nitrogens with zero attached hydrogens (tertiary/aromatic N) is 2. The third-order valence-corrected chi connectivity index (χ3v) is 4.49. The molecule has 2 rings (SSSR count). The van der Waals surface area contributed by atoms with E-state index >= 15 is 0 Å². The van der Waals surface area contributed by atoms with Crippen LogP contribution in [0.4, 0.5) is 5.69 Å². The van der Waals surface area contributed by atoms with Gasteiger partial charge in [-0.25, -0.2) is 0 Å². The Morgan fingerprint density at radius 1 is 1.47 bits per heavy atom. The van der Waals surface area contributed by atoms with Crippen LogP contribution in [0.15, 0.2) is 22.7 Å². The van der Waals surface area contributed by atoms with Gasteiger partial charge in [0.05, 0.1) is 18.5 Å². The number of hydrogen-bond acceptors (Lipinski definition) is 3. The molecule has 0 amide bonds. The number of anilines is 1. The summed E-state index contributed by atoms with van der Waals surface area (Å²) in [5.41, 5.74) is 2.44. The predicted octanol–water partition coefficient (Wildman–Crippen LogP) is 3.09. The first-order valence-corrected chi connectivity index (χ1v) is 7.51. The molecular weight excluding hydrogens is 302 g/mol. The lowest BCUT2D eigenvalue weighted by Gasteiger charge is -2.32. The maximum Gasteiger partial charge on any atom is 0.0643 e. The Bertz CT molecular complexity index is 481. The van der Waals surface area contributed by atoms with Gasteiger partial charge in [0.15, 0.2) is 0 Å². The van der Waals surface area contributed by atoms with Crippen molar-refractivity contribution in [3.8, 4) is 6.07 Å². The highest BCUT2D eigenvalue weighted by Gasteiger charge is 2.24. The molecule has 0 aromatic heterocycles. The van der Waals surface area contributed by atoms with Crippen LogP contribution in [0.5, 0.6) is 0 Å². The normalized spacial score (nSPS) is 23.8. The van der Waals surface area contributed by atoms with Crippen LogP contribution in [-0.4, -0.2) is 25.7 Å². The molecule has 4 heteroatoms. The monoisotopic (exact) mass is 321 g/mol. The van der Waals surface area contributed by atoms with Crippen LogP contribution in [0, 0.1) is 24.2 Å². The van der Waals surface area contributed by atoms with Crippen LogP contribution in [0.25, 0.3) is 0 Å². The second-order valence-electron chi connectivity index (χ2n) is 5.37. The molecule has 1 saturated heterocycles. The van der Waals surface area contributed by atoms with Gasteiger partial charge < -0.3 is 10.2 Å². The third kappa shape index (κ3) is 3.49. The van der Waals surface area contributed by atoms with Crippen molar-refractivity contribution in [2.24, 2.45) is 5.92 Å². The lowest BCUT2D eigenvalue weighted by molar-refractivity contribution is 0.563. The lowest BCUT2D eigenvalue weighted by atomic mass is 10.1. The summed E-state index contributed by atoms with van der Waals surface area (Å²) in [4.78, 5) is 2.37. The Morgan fingerprint density at radius 3 is 2.95 bits per heavy atom. The fraction of sp³-hybridized carbons (Fsp3) is 0.533. The first-order chi connectivity index (χ1) is 9.11. The molecular formula is C15H20BrN3. The molecule has 1 aliphatic heterocycles. The molecule has 1 N–H and O–H groups in total. The number of hydrogen-bond donors (Lipinski definition) is 1. The van der Waals surface area contributed by atoms with Crippen LogP contribution in [0.3, 0.4) is 0 Å². The minimum atomic E-state index is 0.254. The van der Waals surface area contributed by atoms with Crippen molar-refractivity contribution in [2.75, 3.05) is 24.5 Å². The van der Waals surface area contributed by atoms with E-state index in [-0.39, 0.29) is 6.04 Å². The molecule has 0 aliphatic carbocycles. The number of nitrogens with one attached hydrogen (secondary N) is 1. The molecule has 0 spiro atoms. The molecule has 19 heavy (non-hydrogen) atoms. The molecule has 1 aromatic rings. The van der Waals surface area contributed by atoms with Crippen LogP contribution < -0.4 is 10.2 Å².